The maximum absolute atomic E-state index is 12.9. The summed E-state index contributed by atoms with van der Waals surface area (Å²) in [6.07, 6.45) is 3.85. The molecule has 1 aromatic heterocycles. The zero-order chi connectivity index (χ0) is 21.2. The summed E-state index contributed by atoms with van der Waals surface area (Å²) in [5, 5.41) is 9.81. The number of rotatable bonds is 5. The normalized spacial score (nSPS) is 20.4. The smallest absolute Gasteiger partial charge is 0.269 e. The molecule has 5 rings (SSSR count). The molecule has 8 heteroatoms. The van der Waals surface area contributed by atoms with E-state index in [0.717, 1.165) is 30.6 Å². The molecule has 160 valence electrons. The van der Waals surface area contributed by atoms with Gasteiger partial charge in [0.2, 0.25) is 6.10 Å². The van der Waals surface area contributed by atoms with E-state index in [1.165, 1.54) is 0 Å². The maximum Gasteiger partial charge on any atom is 0.269 e. The van der Waals surface area contributed by atoms with E-state index in [-0.39, 0.29) is 18.6 Å². The number of nitrogens with one attached hydrogen (secondary N) is 2. The molecule has 1 amide bonds. The Morgan fingerprint density at radius 3 is 2.87 bits per heavy atom. The number of hydrogen-bond acceptors (Lipinski definition) is 6. The highest BCUT2D eigenvalue weighted by Crippen LogP contribution is 2.34. The first-order chi connectivity index (χ1) is 15.2. The summed E-state index contributed by atoms with van der Waals surface area (Å²) in [4.78, 5) is 15.2. The van der Waals surface area contributed by atoms with Crippen LogP contribution in [0.15, 0.2) is 54.9 Å². The van der Waals surface area contributed by atoms with Crippen molar-refractivity contribution in [1.82, 2.24) is 15.1 Å². The third-order valence-electron chi connectivity index (χ3n) is 5.51. The minimum Gasteiger partial charge on any atom is -0.487 e. The molecule has 0 unspecified atom stereocenters. The molecule has 0 bridgehead atoms. The number of nitrogens with zero attached hydrogens (tertiary/aromatic N) is 2. The van der Waals surface area contributed by atoms with Crippen LogP contribution in [0.1, 0.15) is 6.42 Å². The third kappa shape index (κ3) is 4.20. The Balaban J connectivity index is 1.36. The zero-order valence-electron chi connectivity index (χ0n) is 17.2. The zero-order valence-corrected chi connectivity index (χ0v) is 17.2. The SMILES string of the molecule is CN1CC[C@@H](Oc2cc(-c3cn[nH]c3)ccc2NC(=O)[C@H]2COc3ccccc3O2)C1. The molecule has 3 aromatic rings. The van der Waals surface area contributed by atoms with E-state index in [1.54, 1.807) is 12.3 Å². The van der Waals surface area contributed by atoms with Gasteiger partial charge in [-0.05, 0) is 43.3 Å². The first kappa shape index (κ1) is 19.4. The van der Waals surface area contributed by atoms with Crippen molar-refractivity contribution in [3.63, 3.8) is 0 Å². The summed E-state index contributed by atoms with van der Waals surface area (Å²) in [7, 11) is 2.08. The second kappa shape index (κ2) is 8.31. The minimum atomic E-state index is -0.742. The number of carbonyl (C=O) groups excluding carboxylic acids is 1. The highest BCUT2D eigenvalue weighted by molar-refractivity contribution is 5.96. The van der Waals surface area contributed by atoms with Crippen LogP contribution in [0.4, 0.5) is 5.69 Å². The lowest BCUT2D eigenvalue weighted by Crippen LogP contribution is -2.40. The number of amides is 1. The van der Waals surface area contributed by atoms with E-state index >= 15 is 0 Å². The summed E-state index contributed by atoms with van der Waals surface area (Å²) < 4.78 is 17.8. The van der Waals surface area contributed by atoms with Gasteiger partial charge in [0.25, 0.3) is 5.91 Å². The molecule has 2 N–H and O–H groups in total. The highest BCUT2D eigenvalue weighted by Gasteiger charge is 2.29. The second-order valence-electron chi connectivity index (χ2n) is 7.84. The molecule has 0 saturated carbocycles. The van der Waals surface area contributed by atoms with Crippen LogP contribution < -0.4 is 19.5 Å². The molecule has 3 heterocycles. The number of likely N-dealkylation sites (N-methyl/N-ethyl adjacent to an activating group) is 1. The standard InChI is InChI=1S/C23H24N4O4/c1-27-9-8-17(13-27)30-21-10-15(16-11-24-25-12-16)6-7-18(21)26-23(28)22-14-29-19-4-2-3-5-20(19)31-22/h2-7,10-12,17,22H,8-9,13-14H2,1H3,(H,24,25)(H,26,28)/t17-,22-/m1/s1. The summed E-state index contributed by atoms with van der Waals surface area (Å²) in [5.74, 6) is 1.56. The van der Waals surface area contributed by atoms with Crippen molar-refractivity contribution in [2.45, 2.75) is 18.6 Å². The lowest BCUT2D eigenvalue weighted by molar-refractivity contribution is -0.125. The van der Waals surface area contributed by atoms with Crippen molar-refractivity contribution in [3.05, 3.63) is 54.9 Å². The van der Waals surface area contributed by atoms with Gasteiger partial charge in [0.05, 0.1) is 11.9 Å². The maximum atomic E-state index is 12.9. The number of benzene rings is 2. The number of carbonyl (C=O) groups is 1. The van der Waals surface area contributed by atoms with Crippen LogP contribution in [0.5, 0.6) is 17.2 Å². The summed E-state index contributed by atoms with van der Waals surface area (Å²) in [6.45, 7) is 1.99. The van der Waals surface area contributed by atoms with Crippen molar-refractivity contribution in [2.24, 2.45) is 0 Å². The molecule has 1 fully saturated rings. The van der Waals surface area contributed by atoms with Crippen LogP contribution in [0.2, 0.25) is 0 Å². The summed E-state index contributed by atoms with van der Waals surface area (Å²) in [5.41, 5.74) is 2.51. The Bertz CT molecular complexity index is 1070. The minimum absolute atomic E-state index is 0.0707. The molecular formula is C23H24N4O4. The fourth-order valence-corrected chi connectivity index (χ4v) is 3.84. The van der Waals surface area contributed by atoms with Gasteiger partial charge in [-0.2, -0.15) is 5.10 Å². The first-order valence-corrected chi connectivity index (χ1v) is 10.3. The van der Waals surface area contributed by atoms with Gasteiger partial charge < -0.3 is 24.4 Å². The van der Waals surface area contributed by atoms with Crippen molar-refractivity contribution in [2.75, 3.05) is 32.1 Å². The average Bonchev–Trinajstić information content (AvgIpc) is 3.46. The molecule has 31 heavy (non-hydrogen) atoms. The Morgan fingerprint density at radius 2 is 2.10 bits per heavy atom. The van der Waals surface area contributed by atoms with Crippen molar-refractivity contribution < 1.29 is 19.0 Å². The fraction of sp³-hybridized carbons (Fsp3) is 0.304. The van der Waals surface area contributed by atoms with Gasteiger partial charge >= 0.3 is 0 Å². The lowest BCUT2D eigenvalue weighted by Gasteiger charge is -2.26. The van der Waals surface area contributed by atoms with Gasteiger partial charge in [0, 0.05) is 24.8 Å². The molecule has 2 atom stereocenters. The van der Waals surface area contributed by atoms with Crippen LogP contribution in [0.25, 0.3) is 11.1 Å². The fourth-order valence-electron chi connectivity index (χ4n) is 3.84. The van der Waals surface area contributed by atoms with Crippen molar-refractivity contribution >= 4 is 11.6 Å². The van der Waals surface area contributed by atoms with E-state index in [1.807, 2.05) is 42.6 Å². The number of anilines is 1. The van der Waals surface area contributed by atoms with Gasteiger partial charge in [-0.1, -0.05) is 18.2 Å². The number of aromatic amines is 1. The molecule has 8 nitrogen and oxygen atoms in total. The monoisotopic (exact) mass is 420 g/mol. The molecule has 0 aliphatic carbocycles. The van der Waals surface area contributed by atoms with Gasteiger partial charge in [-0.3, -0.25) is 9.89 Å². The summed E-state index contributed by atoms with van der Waals surface area (Å²) >= 11 is 0. The quantitative estimate of drug-likeness (QED) is 0.660. The Morgan fingerprint density at radius 1 is 1.23 bits per heavy atom. The van der Waals surface area contributed by atoms with E-state index in [0.29, 0.717) is 22.9 Å². The Kier molecular flexibility index (Phi) is 5.21. The van der Waals surface area contributed by atoms with Gasteiger partial charge in [-0.25, -0.2) is 0 Å². The number of para-hydroxylation sites is 2. The van der Waals surface area contributed by atoms with E-state index in [4.69, 9.17) is 14.2 Å². The molecule has 2 aliphatic rings. The van der Waals surface area contributed by atoms with E-state index < -0.39 is 6.10 Å². The van der Waals surface area contributed by atoms with Crippen molar-refractivity contribution in [3.8, 4) is 28.4 Å². The highest BCUT2D eigenvalue weighted by atomic mass is 16.6. The number of H-pyrrole nitrogens is 1. The first-order valence-electron chi connectivity index (χ1n) is 10.3. The largest absolute Gasteiger partial charge is 0.487 e. The van der Waals surface area contributed by atoms with Gasteiger partial charge in [-0.15, -0.1) is 0 Å². The number of likely N-dealkylation sites (tertiary alicyclic amines) is 1. The Labute approximate surface area is 180 Å². The van der Waals surface area contributed by atoms with Crippen LogP contribution in [0, 0.1) is 0 Å². The average molecular weight is 420 g/mol. The van der Waals surface area contributed by atoms with E-state index in [9.17, 15) is 4.79 Å². The predicted molar refractivity (Wildman–Crippen MR) is 116 cm³/mol. The Hall–Kier alpha value is -3.52. The van der Waals surface area contributed by atoms with Gasteiger partial charge in [0.15, 0.2) is 11.5 Å². The summed E-state index contributed by atoms with van der Waals surface area (Å²) in [6, 6.07) is 13.1. The molecule has 1 saturated heterocycles. The molecule has 0 spiro atoms. The van der Waals surface area contributed by atoms with Crippen LogP contribution >= 0.6 is 0 Å². The van der Waals surface area contributed by atoms with Crippen LogP contribution in [-0.2, 0) is 4.79 Å². The number of ether oxygens (including phenoxy) is 3. The van der Waals surface area contributed by atoms with E-state index in [2.05, 4.69) is 27.5 Å². The third-order valence-corrected chi connectivity index (χ3v) is 5.51. The predicted octanol–water partition coefficient (Wildman–Crippen LogP) is 2.94. The van der Waals surface area contributed by atoms with Crippen LogP contribution in [0.3, 0.4) is 0 Å². The lowest BCUT2D eigenvalue weighted by atomic mass is 10.1. The van der Waals surface area contributed by atoms with Crippen molar-refractivity contribution in [1.29, 1.82) is 0 Å². The molecular weight excluding hydrogens is 396 g/mol. The van der Waals surface area contributed by atoms with Gasteiger partial charge in [0.1, 0.15) is 18.5 Å². The topological polar surface area (TPSA) is 88.7 Å². The second-order valence-corrected chi connectivity index (χ2v) is 7.84. The molecule has 2 aromatic carbocycles. The number of aromatic nitrogens is 2. The van der Waals surface area contributed by atoms with Crippen LogP contribution in [-0.4, -0.2) is 60.0 Å². The molecule has 0 radical (unpaired) electrons. The number of fused-ring (bicyclic) bond motifs is 1. The number of hydrogen-bond donors (Lipinski definition) is 2. The molecule has 2 aliphatic heterocycles.